The van der Waals surface area contributed by atoms with E-state index in [2.05, 4.69) is 0 Å². The molecule has 0 amide bonds. The van der Waals surface area contributed by atoms with Crippen molar-refractivity contribution in [2.75, 3.05) is 0 Å². The average Bonchev–Trinajstić information content (AvgIpc) is 2.34. The molecule has 0 bridgehead atoms. The molecule has 1 rings (SSSR count). The van der Waals surface area contributed by atoms with Gasteiger partial charge in [-0.25, -0.2) is 0 Å². The minimum absolute atomic E-state index is 0.0756. The van der Waals surface area contributed by atoms with Gasteiger partial charge in [0.1, 0.15) is 0 Å². The highest BCUT2D eigenvalue weighted by Crippen LogP contribution is 2.42. The summed E-state index contributed by atoms with van der Waals surface area (Å²) in [7, 11) is -4.50. The lowest BCUT2D eigenvalue weighted by atomic mass is 9.74. The topological polar surface area (TPSA) is 97.5 Å². The zero-order valence-electron chi connectivity index (χ0n) is 13.9. The minimum Gasteiger partial charge on any atom is -0.282 e. The highest BCUT2D eigenvalue weighted by atomic mass is 32.2. The third kappa shape index (κ3) is 3.57. The van der Waals surface area contributed by atoms with Gasteiger partial charge in [-0.3, -0.25) is 14.7 Å². The maximum Gasteiger partial charge on any atom is 0.291 e. The van der Waals surface area contributed by atoms with Crippen LogP contribution in [0.15, 0.2) is 22.1 Å². The van der Waals surface area contributed by atoms with Gasteiger partial charge in [0, 0.05) is 10.5 Å². The lowest BCUT2D eigenvalue weighted by Crippen LogP contribution is -2.41. The van der Waals surface area contributed by atoms with Crippen molar-refractivity contribution in [1.82, 2.24) is 0 Å². The molecular weight excluding hydrogens is 306 g/mol. The fourth-order valence-electron chi connectivity index (χ4n) is 3.08. The summed E-state index contributed by atoms with van der Waals surface area (Å²) in [5.74, 6) is -1.37. The van der Waals surface area contributed by atoms with Crippen molar-refractivity contribution >= 4 is 10.1 Å². The summed E-state index contributed by atoms with van der Waals surface area (Å²) >= 11 is 0. The summed E-state index contributed by atoms with van der Waals surface area (Å²) in [4.78, 5) is 11.0. The molecule has 0 fully saturated rings. The van der Waals surface area contributed by atoms with E-state index in [-0.39, 0.29) is 22.7 Å². The second-order valence-corrected chi connectivity index (χ2v) is 8.14. The van der Waals surface area contributed by atoms with Crippen LogP contribution in [0.5, 0.6) is 0 Å². The largest absolute Gasteiger partial charge is 0.291 e. The Morgan fingerprint density at radius 3 is 1.91 bits per heavy atom. The molecule has 7 heteroatoms. The number of nitro groups is 1. The van der Waals surface area contributed by atoms with Crippen molar-refractivity contribution < 1.29 is 17.9 Å². The molecule has 6 nitrogen and oxygen atoms in total. The Hall–Kier alpha value is -1.21. The van der Waals surface area contributed by atoms with Gasteiger partial charge in [0.05, 0.1) is 10.8 Å². The van der Waals surface area contributed by atoms with Crippen LogP contribution in [0.1, 0.15) is 41.5 Å². The predicted octanol–water partition coefficient (Wildman–Crippen LogP) is 3.30. The monoisotopic (exact) mass is 331 g/mol. The molecule has 0 aliphatic heterocycles. The molecule has 0 radical (unpaired) electrons. The highest BCUT2D eigenvalue weighted by molar-refractivity contribution is 7.89. The maximum absolute atomic E-state index is 11.9. The summed E-state index contributed by atoms with van der Waals surface area (Å²) in [5.41, 5.74) is 1.09. The maximum atomic E-state index is 11.9. The molecule has 0 heterocycles. The Kier molecular flexibility index (Phi) is 5.56. The van der Waals surface area contributed by atoms with Gasteiger partial charge in [-0.05, 0) is 23.3 Å². The van der Waals surface area contributed by atoms with E-state index in [0.29, 0.717) is 11.1 Å². The number of allylic oxidation sites excluding steroid dienone is 2. The van der Waals surface area contributed by atoms with Crippen LogP contribution in [-0.2, 0) is 10.1 Å². The van der Waals surface area contributed by atoms with E-state index >= 15 is 0 Å². The summed E-state index contributed by atoms with van der Waals surface area (Å²) in [5, 5.41) is 11.6. The first kappa shape index (κ1) is 18.8. The molecule has 1 aliphatic carbocycles. The van der Waals surface area contributed by atoms with Crippen molar-refractivity contribution in [3.05, 3.63) is 32.2 Å². The zero-order chi connectivity index (χ0) is 17.4. The number of hydrogen-bond acceptors (Lipinski definition) is 4. The first-order valence-electron chi connectivity index (χ1n) is 7.46. The molecule has 0 aromatic heterocycles. The highest BCUT2D eigenvalue weighted by Gasteiger charge is 2.47. The van der Waals surface area contributed by atoms with Crippen LogP contribution < -0.4 is 0 Å². The lowest BCUT2D eigenvalue weighted by molar-refractivity contribution is -0.522. The fraction of sp³-hybridized carbons (Fsp3) is 0.733. The first-order chi connectivity index (χ1) is 9.89. The smallest absolute Gasteiger partial charge is 0.282 e. The van der Waals surface area contributed by atoms with E-state index in [4.69, 9.17) is 0 Å². The molecule has 1 aliphatic rings. The van der Waals surface area contributed by atoms with E-state index < -0.39 is 27.0 Å². The molecular formula is C15H25NO5S. The van der Waals surface area contributed by atoms with Crippen molar-refractivity contribution in [2.24, 2.45) is 23.7 Å². The third-order valence-electron chi connectivity index (χ3n) is 4.10. The van der Waals surface area contributed by atoms with E-state index in [0.717, 1.165) is 0 Å². The van der Waals surface area contributed by atoms with Crippen LogP contribution in [0.2, 0.25) is 0 Å². The van der Waals surface area contributed by atoms with E-state index in [1.807, 2.05) is 27.7 Å². The normalized spacial score (nSPS) is 23.5. The van der Waals surface area contributed by atoms with Gasteiger partial charge in [-0.2, -0.15) is 8.42 Å². The van der Waals surface area contributed by atoms with Gasteiger partial charge in [0.2, 0.25) is 6.04 Å². The van der Waals surface area contributed by atoms with Crippen molar-refractivity contribution in [3.63, 3.8) is 0 Å². The molecule has 22 heavy (non-hydrogen) atoms. The second-order valence-electron chi connectivity index (χ2n) is 6.75. The van der Waals surface area contributed by atoms with Crippen LogP contribution in [-0.4, -0.2) is 23.9 Å². The van der Waals surface area contributed by atoms with Gasteiger partial charge in [-0.15, -0.1) is 0 Å². The van der Waals surface area contributed by atoms with E-state index in [1.54, 1.807) is 19.9 Å². The van der Waals surface area contributed by atoms with Crippen LogP contribution in [0.3, 0.4) is 0 Å². The van der Waals surface area contributed by atoms with Gasteiger partial charge in [0.25, 0.3) is 10.1 Å². The van der Waals surface area contributed by atoms with Crippen LogP contribution in [0.4, 0.5) is 0 Å². The van der Waals surface area contributed by atoms with Crippen molar-refractivity contribution in [2.45, 2.75) is 47.6 Å². The molecule has 0 aromatic carbocycles. The molecule has 2 unspecified atom stereocenters. The molecule has 2 atom stereocenters. The van der Waals surface area contributed by atoms with Crippen molar-refractivity contribution in [3.8, 4) is 0 Å². The molecule has 0 saturated carbocycles. The minimum atomic E-state index is -4.50. The molecule has 0 saturated heterocycles. The summed E-state index contributed by atoms with van der Waals surface area (Å²) < 4.78 is 33.5. The lowest BCUT2D eigenvalue weighted by Gasteiger charge is -2.34. The Bertz CT molecular complexity index is 614. The van der Waals surface area contributed by atoms with Gasteiger partial charge >= 0.3 is 0 Å². The number of hydrogen-bond donors (Lipinski definition) is 1. The quantitative estimate of drug-likeness (QED) is 0.473. The van der Waals surface area contributed by atoms with Crippen molar-refractivity contribution in [1.29, 1.82) is 0 Å². The fourth-order valence-corrected chi connectivity index (χ4v) is 4.42. The Morgan fingerprint density at radius 2 is 1.64 bits per heavy atom. The van der Waals surface area contributed by atoms with Gasteiger partial charge < -0.3 is 0 Å². The molecule has 0 aromatic rings. The molecule has 126 valence electrons. The Morgan fingerprint density at radius 1 is 1.14 bits per heavy atom. The number of nitrogens with zero attached hydrogens (tertiary/aromatic N) is 1. The van der Waals surface area contributed by atoms with Crippen LogP contribution in [0.25, 0.3) is 0 Å². The molecule has 1 N–H and O–H groups in total. The number of rotatable bonds is 5. The summed E-state index contributed by atoms with van der Waals surface area (Å²) in [6, 6.07) is -1.13. The summed E-state index contributed by atoms with van der Waals surface area (Å²) in [6.45, 7) is 10.8. The average molecular weight is 331 g/mol. The first-order valence-corrected chi connectivity index (χ1v) is 8.90. The standard InChI is InChI=1S/C15H25NO5S/c1-8(2)11-7-12(9(3)4)15(22(19,20)21)13(10(5)6)14(11)16(17)18/h7-10,13-14H,1-6H3,(H,19,20,21). The Labute approximate surface area is 132 Å². The predicted molar refractivity (Wildman–Crippen MR) is 85.4 cm³/mol. The SMILES string of the molecule is CC(C)C1=CC(C(C)C)=C(S(=O)(=O)O)C(C(C)C)C1[N+](=O)[O-]. The molecule has 0 spiro atoms. The second kappa shape index (κ2) is 6.50. The van der Waals surface area contributed by atoms with Gasteiger partial charge in [-0.1, -0.05) is 47.6 Å². The summed E-state index contributed by atoms with van der Waals surface area (Å²) in [6.07, 6.45) is 1.60. The Balaban J connectivity index is 3.80. The third-order valence-corrected chi connectivity index (χ3v) is 5.17. The van der Waals surface area contributed by atoms with Gasteiger partial charge in [0.15, 0.2) is 0 Å². The van der Waals surface area contributed by atoms with E-state index in [1.165, 1.54) is 0 Å². The van der Waals surface area contributed by atoms with Crippen LogP contribution in [0, 0.1) is 33.8 Å². The van der Waals surface area contributed by atoms with E-state index in [9.17, 15) is 23.1 Å². The van der Waals surface area contributed by atoms with Crippen LogP contribution >= 0.6 is 0 Å². The zero-order valence-corrected chi connectivity index (χ0v) is 14.7.